The van der Waals surface area contributed by atoms with Crippen molar-refractivity contribution in [2.24, 2.45) is 0 Å². The van der Waals surface area contributed by atoms with Gasteiger partial charge in [0.2, 0.25) is 0 Å². The van der Waals surface area contributed by atoms with E-state index >= 15 is 0 Å². The van der Waals surface area contributed by atoms with Gasteiger partial charge in [-0.25, -0.2) is 5.01 Å². The van der Waals surface area contributed by atoms with Gasteiger partial charge in [0.1, 0.15) is 11.8 Å². The molecule has 0 aromatic heterocycles. The van der Waals surface area contributed by atoms with Gasteiger partial charge in [-0.2, -0.15) is 5.26 Å². The summed E-state index contributed by atoms with van der Waals surface area (Å²) in [7, 11) is 1.46. The molecule has 42 heavy (non-hydrogen) atoms. The van der Waals surface area contributed by atoms with Gasteiger partial charge in [0, 0.05) is 23.3 Å². The Hall–Kier alpha value is -4.15. The maximum Gasteiger partial charge on any atom is 0.265 e. The van der Waals surface area contributed by atoms with E-state index < -0.39 is 0 Å². The lowest BCUT2D eigenvalue weighted by atomic mass is 9.84. The Bertz CT molecular complexity index is 1430. The number of piperidine rings is 1. The molecule has 2 aromatic carbocycles. The van der Waals surface area contributed by atoms with Crippen LogP contribution in [0.1, 0.15) is 105 Å². The summed E-state index contributed by atoms with van der Waals surface area (Å²) in [6, 6.07) is 13.7. The molecule has 1 aliphatic rings. The molecule has 3 rings (SSSR count). The third-order valence-electron chi connectivity index (χ3n) is 7.73. The van der Waals surface area contributed by atoms with E-state index in [9.17, 15) is 14.9 Å². The van der Waals surface area contributed by atoms with Crippen LogP contribution in [-0.2, 0) is 5.41 Å². The van der Waals surface area contributed by atoms with E-state index in [-0.39, 0.29) is 23.0 Å². The number of carbonyl (C=O) groups is 2. The molecule has 2 N–H and O–H groups in total. The van der Waals surface area contributed by atoms with Crippen LogP contribution >= 0.6 is 0 Å². The number of nitrogens with one attached hydrogen (secondary N) is 2. The third kappa shape index (κ3) is 7.57. The van der Waals surface area contributed by atoms with Gasteiger partial charge in [0.25, 0.3) is 11.8 Å². The Kier molecular flexibility index (Phi) is 10.5. The Morgan fingerprint density at radius 3 is 2.17 bits per heavy atom. The number of hydrogen-bond donors (Lipinski definition) is 2. The molecule has 7 heteroatoms. The summed E-state index contributed by atoms with van der Waals surface area (Å²) in [4.78, 5) is 26.5. The van der Waals surface area contributed by atoms with Crippen molar-refractivity contribution in [1.82, 2.24) is 15.8 Å². The van der Waals surface area contributed by atoms with Crippen LogP contribution in [0.4, 0.5) is 0 Å². The molecule has 0 spiro atoms. The normalized spacial score (nSPS) is 18.2. The maximum atomic E-state index is 13.5. The number of nitriles is 1. The summed E-state index contributed by atoms with van der Waals surface area (Å²) in [5.41, 5.74) is 7.91. The van der Waals surface area contributed by atoms with E-state index in [2.05, 4.69) is 42.2 Å². The number of allylic oxidation sites excluding steroid dienone is 4. The molecule has 0 saturated carbocycles. The zero-order valence-corrected chi connectivity index (χ0v) is 26.2. The lowest BCUT2D eigenvalue weighted by molar-refractivity contribution is 0.0370. The van der Waals surface area contributed by atoms with Crippen molar-refractivity contribution in [3.63, 3.8) is 0 Å². The highest BCUT2D eigenvalue weighted by Gasteiger charge is 2.27. The monoisotopic (exact) mass is 568 g/mol. The molecule has 2 unspecified atom stereocenters. The summed E-state index contributed by atoms with van der Waals surface area (Å²) in [5.74, 6) is -0.273. The van der Waals surface area contributed by atoms with E-state index in [1.54, 1.807) is 30.3 Å². The first kappa shape index (κ1) is 32.4. The van der Waals surface area contributed by atoms with Gasteiger partial charge in [0.05, 0.1) is 18.2 Å². The van der Waals surface area contributed by atoms with Gasteiger partial charge in [0.15, 0.2) is 0 Å². The summed E-state index contributed by atoms with van der Waals surface area (Å²) in [6.07, 6.45) is 6.96. The lowest BCUT2D eigenvalue weighted by Crippen LogP contribution is -2.54. The molecule has 2 atom stereocenters. The molecular weight excluding hydrogens is 524 g/mol. The van der Waals surface area contributed by atoms with Crippen molar-refractivity contribution in [3.8, 4) is 11.8 Å². The van der Waals surface area contributed by atoms with Gasteiger partial charge in [-0.1, -0.05) is 57.6 Å². The number of ether oxygens (including phenoxy) is 1. The van der Waals surface area contributed by atoms with E-state index in [1.807, 2.05) is 52.8 Å². The first-order chi connectivity index (χ1) is 19.8. The second-order valence-electron chi connectivity index (χ2n) is 12.1. The molecule has 0 aliphatic carbocycles. The molecular formula is C35H44N4O3. The minimum absolute atomic E-state index is 0.132. The van der Waals surface area contributed by atoms with Gasteiger partial charge in [-0.05, 0) is 93.0 Å². The van der Waals surface area contributed by atoms with Crippen LogP contribution in [-0.4, -0.2) is 36.0 Å². The molecule has 7 nitrogen and oxygen atoms in total. The number of methoxy groups -OCH3 is 1. The predicted molar refractivity (Wildman–Crippen MR) is 169 cm³/mol. The number of rotatable bonds is 8. The summed E-state index contributed by atoms with van der Waals surface area (Å²) < 4.78 is 5.48. The van der Waals surface area contributed by atoms with Gasteiger partial charge < -0.3 is 10.1 Å². The standard InChI is InChI=1S/C35H44N4O3/c1-10-29(37-34(41)31-19-28(35(6,7)8)18-27(21-36)32(31)42-9)20-30(22(2)3)25-14-16-26(17-15-25)33(40)38-39-23(4)12-11-13-24(39)5/h10,14-20,23-24H,2,11-13H2,1,3-9H3,(H,37,41)(H,38,40)/b29-10+,30-20+. The average Bonchev–Trinajstić information content (AvgIpc) is 2.95. The van der Waals surface area contributed by atoms with Crippen LogP contribution in [0.5, 0.6) is 5.75 Å². The molecule has 1 aliphatic heterocycles. The van der Waals surface area contributed by atoms with E-state index in [0.29, 0.717) is 34.5 Å². The summed E-state index contributed by atoms with van der Waals surface area (Å²) in [5, 5.41) is 14.8. The van der Waals surface area contributed by atoms with Gasteiger partial charge in [-0.15, -0.1) is 0 Å². The number of hydrazine groups is 1. The Balaban J connectivity index is 1.86. The highest BCUT2D eigenvalue weighted by molar-refractivity contribution is 5.99. The van der Waals surface area contributed by atoms with Crippen molar-refractivity contribution >= 4 is 17.4 Å². The maximum absolute atomic E-state index is 13.5. The number of hydrogen-bond acceptors (Lipinski definition) is 5. The Labute approximate surface area is 250 Å². The van der Waals surface area contributed by atoms with Crippen LogP contribution in [0.25, 0.3) is 5.57 Å². The van der Waals surface area contributed by atoms with Crippen LogP contribution in [0.3, 0.4) is 0 Å². The molecule has 1 fully saturated rings. The summed E-state index contributed by atoms with van der Waals surface area (Å²) in [6.45, 7) is 18.2. The molecule has 1 heterocycles. The topological polar surface area (TPSA) is 94.5 Å². The molecule has 1 saturated heterocycles. The second-order valence-corrected chi connectivity index (χ2v) is 12.1. The number of carbonyl (C=O) groups excluding carboxylic acids is 2. The first-order valence-electron chi connectivity index (χ1n) is 14.5. The van der Waals surface area contributed by atoms with Gasteiger partial charge in [-0.3, -0.25) is 15.0 Å². The molecule has 0 bridgehead atoms. The molecule has 2 amide bonds. The zero-order chi connectivity index (χ0) is 31.2. The Morgan fingerprint density at radius 2 is 1.67 bits per heavy atom. The SMILES string of the molecule is C=C(C)/C(=C\C(=C/C)NC(=O)c1cc(C(C)(C)C)cc(C#N)c1OC)c1ccc(C(=O)NN2C(C)CCCC2C)cc1. The molecule has 222 valence electrons. The van der Waals surface area contributed by atoms with E-state index in [0.717, 1.165) is 35.1 Å². The van der Waals surface area contributed by atoms with Crippen molar-refractivity contribution in [2.45, 2.75) is 85.2 Å². The van der Waals surface area contributed by atoms with Crippen LogP contribution in [0.15, 0.2) is 66.4 Å². The predicted octanol–water partition coefficient (Wildman–Crippen LogP) is 7.07. The van der Waals surface area contributed by atoms with Crippen LogP contribution < -0.4 is 15.5 Å². The van der Waals surface area contributed by atoms with Crippen molar-refractivity contribution < 1.29 is 14.3 Å². The molecule has 0 radical (unpaired) electrons. The fourth-order valence-corrected chi connectivity index (χ4v) is 5.16. The highest BCUT2D eigenvalue weighted by atomic mass is 16.5. The smallest absolute Gasteiger partial charge is 0.265 e. The lowest BCUT2D eigenvalue weighted by Gasteiger charge is -2.38. The van der Waals surface area contributed by atoms with Crippen LogP contribution in [0.2, 0.25) is 0 Å². The third-order valence-corrected chi connectivity index (χ3v) is 7.73. The minimum Gasteiger partial charge on any atom is -0.495 e. The van der Waals surface area contributed by atoms with Crippen LogP contribution in [0, 0.1) is 11.3 Å². The quantitative estimate of drug-likeness (QED) is 0.332. The number of nitrogens with zero attached hydrogens (tertiary/aromatic N) is 2. The summed E-state index contributed by atoms with van der Waals surface area (Å²) >= 11 is 0. The highest BCUT2D eigenvalue weighted by Crippen LogP contribution is 2.32. The van der Waals surface area contributed by atoms with E-state index in [4.69, 9.17) is 4.74 Å². The zero-order valence-electron chi connectivity index (χ0n) is 26.2. The Morgan fingerprint density at radius 1 is 1.07 bits per heavy atom. The molecule has 2 aromatic rings. The fraction of sp³-hybridized carbons (Fsp3) is 0.400. The van der Waals surface area contributed by atoms with Crippen molar-refractivity contribution in [2.75, 3.05) is 7.11 Å². The van der Waals surface area contributed by atoms with Gasteiger partial charge >= 0.3 is 0 Å². The van der Waals surface area contributed by atoms with Crippen molar-refractivity contribution in [3.05, 3.63) is 94.2 Å². The largest absolute Gasteiger partial charge is 0.495 e. The first-order valence-corrected chi connectivity index (χ1v) is 14.5. The average molecular weight is 569 g/mol. The number of amides is 2. The van der Waals surface area contributed by atoms with E-state index in [1.165, 1.54) is 13.5 Å². The minimum atomic E-state index is -0.381. The second kappa shape index (κ2) is 13.7. The fourth-order valence-electron chi connectivity index (χ4n) is 5.16. The van der Waals surface area contributed by atoms with Crippen molar-refractivity contribution in [1.29, 1.82) is 5.26 Å². The number of benzene rings is 2.